The molecule has 0 bridgehead atoms. The topological polar surface area (TPSA) is 20.2 Å². The van der Waals surface area contributed by atoms with E-state index in [-0.39, 0.29) is 5.75 Å². The first-order valence-corrected chi connectivity index (χ1v) is 8.88. The van der Waals surface area contributed by atoms with Gasteiger partial charge < -0.3 is 5.11 Å². The number of aryl methyl sites for hydroxylation is 2. The van der Waals surface area contributed by atoms with Crippen LogP contribution in [0.15, 0.2) is 54.6 Å². The number of phenolic OH excluding ortho intramolecular Hbond substituents is 1. The molecule has 26 heavy (non-hydrogen) atoms. The minimum atomic E-state index is -4.33. The minimum Gasteiger partial charge on any atom is -0.505 e. The summed E-state index contributed by atoms with van der Waals surface area (Å²) >= 11 is 1.54. The van der Waals surface area contributed by atoms with Crippen LogP contribution in [0.25, 0.3) is 10.4 Å². The SMILES string of the molecule is Oc1ccc(CCCc2ccc(-c3ccc(C(F)(F)F)cc3)s2)cc1F. The number of thiophene rings is 1. The Bertz CT molecular complexity index is 882. The summed E-state index contributed by atoms with van der Waals surface area (Å²) in [7, 11) is 0. The van der Waals surface area contributed by atoms with E-state index < -0.39 is 17.6 Å². The highest BCUT2D eigenvalue weighted by Gasteiger charge is 2.29. The first-order chi connectivity index (χ1) is 12.3. The number of hydrogen-bond donors (Lipinski definition) is 1. The van der Waals surface area contributed by atoms with Crippen LogP contribution in [0.1, 0.15) is 22.4 Å². The average molecular weight is 380 g/mol. The Morgan fingerprint density at radius 2 is 1.62 bits per heavy atom. The lowest BCUT2D eigenvalue weighted by Crippen LogP contribution is -2.03. The number of alkyl halides is 3. The lowest BCUT2D eigenvalue weighted by atomic mass is 10.1. The second-order valence-electron chi connectivity index (χ2n) is 5.98. The maximum absolute atomic E-state index is 13.3. The van der Waals surface area contributed by atoms with Crippen LogP contribution in [-0.2, 0) is 19.0 Å². The molecule has 2 aromatic carbocycles. The number of aromatic hydroxyl groups is 1. The molecule has 3 rings (SSSR count). The van der Waals surface area contributed by atoms with Gasteiger partial charge in [-0.25, -0.2) is 4.39 Å². The molecule has 0 aliphatic rings. The molecule has 3 aromatic rings. The van der Waals surface area contributed by atoms with E-state index in [1.807, 2.05) is 12.1 Å². The van der Waals surface area contributed by atoms with E-state index in [4.69, 9.17) is 0 Å². The highest BCUT2D eigenvalue weighted by Crippen LogP contribution is 2.33. The standard InChI is InChI=1S/C20H16F4OS/c21-17-12-13(4-10-18(17)25)2-1-3-16-9-11-19(26-16)14-5-7-15(8-6-14)20(22,23)24/h4-12,25H,1-3H2. The van der Waals surface area contributed by atoms with Gasteiger partial charge in [-0.3, -0.25) is 0 Å². The van der Waals surface area contributed by atoms with Crippen LogP contribution in [0.5, 0.6) is 5.75 Å². The summed E-state index contributed by atoms with van der Waals surface area (Å²) in [6.07, 6.45) is -2.03. The van der Waals surface area contributed by atoms with Gasteiger partial charge in [-0.1, -0.05) is 18.2 Å². The monoisotopic (exact) mass is 380 g/mol. The van der Waals surface area contributed by atoms with Crippen LogP contribution >= 0.6 is 11.3 Å². The Balaban J connectivity index is 1.60. The van der Waals surface area contributed by atoms with Gasteiger partial charge >= 0.3 is 6.18 Å². The van der Waals surface area contributed by atoms with Crippen molar-refractivity contribution in [1.82, 2.24) is 0 Å². The van der Waals surface area contributed by atoms with E-state index in [0.717, 1.165) is 45.9 Å². The van der Waals surface area contributed by atoms with Crippen molar-refractivity contribution in [3.63, 3.8) is 0 Å². The van der Waals surface area contributed by atoms with Gasteiger partial charge in [0, 0.05) is 9.75 Å². The highest BCUT2D eigenvalue weighted by molar-refractivity contribution is 7.15. The third-order valence-corrected chi connectivity index (χ3v) is 5.25. The zero-order chi connectivity index (χ0) is 18.7. The van der Waals surface area contributed by atoms with Crippen LogP contribution in [-0.4, -0.2) is 5.11 Å². The zero-order valence-corrected chi connectivity index (χ0v) is 14.5. The van der Waals surface area contributed by atoms with Crippen LogP contribution in [0, 0.1) is 5.82 Å². The van der Waals surface area contributed by atoms with E-state index >= 15 is 0 Å². The zero-order valence-electron chi connectivity index (χ0n) is 13.7. The first kappa shape index (κ1) is 18.5. The quantitative estimate of drug-likeness (QED) is 0.504. The fraction of sp³-hybridized carbons (Fsp3) is 0.200. The number of halogens is 4. The molecule has 0 spiro atoms. The van der Waals surface area contributed by atoms with Crippen molar-refractivity contribution < 1.29 is 22.7 Å². The molecule has 0 radical (unpaired) electrons. The molecule has 1 nitrogen and oxygen atoms in total. The van der Waals surface area contributed by atoms with Crippen molar-refractivity contribution >= 4 is 11.3 Å². The van der Waals surface area contributed by atoms with Crippen molar-refractivity contribution in [3.05, 3.63) is 76.4 Å². The normalized spacial score (nSPS) is 11.7. The molecule has 0 aliphatic heterocycles. The van der Waals surface area contributed by atoms with Crippen molar-refractivity contribution in [2.45, 2.75) is 25.4 Å². The molecule has 0 saturated heterocycles. The van der Waals surface area contributed by atoms with Gasteiger partial charge in [-0.2, -0.15) is 13.2 Å². The van der Waals surface area contributed by atoms with Gasteiger partial charge in [0.1, 0.15) is 0 Å². The fourth-order valence-corrected chi connectivity index (χ4v) is 3.72. The molecule has 0 fully saturated rings. The Morgan fingerprint density at radius 1 is 0.885 bits per heavy atom. The number of benzene rings is 2. The third-order valence-electron chi connectivity index (χ3n) is 4.06. The van der Waals surface area contributed by atoms with Crippen molar-refractivity contribution in [2.75, 3.05) is 0 Å². The molecule has 0 saturated carbocycles. The molecule has 0 aliphatic carbocycles. The van der Waals surface area contributed by atoms with E-state index in [1.54, 1.807) is 17.4 Å². The largest absolute Gasteiger partial charge is 0.505 e. The van der Waals surface area contributed by atoms with Crippen LogP contribution in [0.2, 0.25) is 0 Å². The molecule has 0 amide bonds. The van der Waals surface area contributed by atoms with Gasteiger partial charge in [0.05, 0.1) is 5.56 Å². The van der Waals surface area contributed by atoms with Gasteiger partial charge in [-0.15, -0.1) is 11.3 Å². The second kappa shape index (κ2) is 7.50. The molecular weight excluding hydrogens is 364 g/mol. The average Bonchev–Trinajstić information content (AvgIpc) is 3.06. The molecule has 1 N–H and O–H groups in total. The third kappa shape index (κ3) is 4.43. The Hall–Kier alpha value is -2.34. The number of hydrogen-bond acceptors (Lipinski definition) is 2. The maximum Gasteiger partial charge on any atom is 0.416 e. The van der Waals surface area contributed by atoms with E-state index in [1.165, 1.54) is 24.3 Å². The number of phenols is 1. The molecule has 1 heterocycles. The van der Waals surface area contributed by atoms with E-state index in [9.17, 15) is 22.7 Å². The van der Waals surface area contributed by atoms with Crippen molar-refractivity contribution in [1.29, 1.82) is 0 Å². The summed E-state index contributed by atoms with van der Waals surface area (Å²) in [5.74, 6) is -0.976. The minimum absolute atomic E-state index is 0.354. The molecule has 0 atom stereocenters. The maximum atomic E-state index is 13.3. The highest BCUT2D eigenvalue weighted by atomic mass is 32.1. The lowest BCUT2D eigenvalue weighted by molar-refractivity contribution is -0.137. The van der Waals surface area contributed by atoms with Crippen LogP contribution in [0.4, 0.5) is 17.6 Å². The smallest absolute Gasteiger partial charge is 0.416 e. The molecular formula is C20H16F4OS. The summed E-state index contributed by atoms with van der Waals surface area (Å²) in [6.45, 7) is 0. The van der Waals surface area contributed by atoms with Gasteiger partial charge in [-0.05, 0) is 66.8 Å². The summed E-state index contributed by atoms with van der Waals surface area (Å²) in [6, 6.07) is 13.4. The van der Waals surface area contributed by atoms with Crippen LogP contribution in [0.3, 0.4) is 0 Å². The summed E-state index contributed by atoms with van der Waals surface area (Å²) in [5, 5.41) is 9.18. The predicted octanol–water partition coefficient (Wildman–Crippen LogP) is 6.45. The summed E-state index contributed by atoms with van der Waals surface area (Å²) in [4.78, 5) is 2.04. The summed E-state index contributed by atoms with van der Waals surface area (Å²) < 4.78 is 51.2. The Labute approximate surface area is 152 Å². The van der Waals surface area contributed by atoms with Crippen molar-refractivity contribution in [3.8, 4) is 16.2 Å². The fourth-order valence-electron chi connectivity index (χ4n) is 2.66. The first-order valence-electron chi connectivity index (χ1n) is 8.06. The predicted molar refractivity (Wildman–Crippen MR) is 94.8 cm³/mol. The molecule has 6 heteroatoms. The second-order valence-corrected chi connectivity index (χ2v) is 7.15. The summed E-state index contributed by atoms with van der Waals surface area (Å²) in [5.41, 5.74) is 0.925. The molecule has 136 valence electrons. The van der Waals surface area contributed by atoms with Gasteiger partial charge in [0.2, 0.25) is 0 Å². The van der Waals surface area contributed by atoms with Gasteiger partial charge in [0.25, 0.3) is 0 Å². The van der Waals surface area contributed by atoms with Crippen LogP contribution < -0.4 is 0 Å². The Kier molecular flexibility index (Phi) is 5.32. The van der Waals surface area contributed by atoms with E-state index in [2.05, 4.69) is 0 Å². The lowest BCUT2D eigenvalue weighted by Gasteiger charge is -2.06. The van der Waals surface area contributed by atoms with Gasteiger partial charge in [0.15, 0.2) is 11.6 Å². The molecule has 0 unspecified atom stereocenters. The van der Waals surface area contributed by atoms with Crippen molar-refractivity contribution in [2.24, 2.45) is 0 Å². The molecule has 1 aromatic heterocycles. The number of rotatable bonds is 5. The Morgan fingerprint density at radius 3 is 2.27 bits per heavy atom. The van der Waals surface area contributed by atoms with E-state index in [0.29, 0.717) is 6.42 Å².